The summed E-state index contributed by atoms with van der Waals surface area (Å²) in [5.74, 6) is -0.282. The third-order valence-electron chi connectivity index (χ3n) is 4.09. The molecule has 0 radical (unpaired) electrons. The van der Waals surface area contributed by atoms with Gasteiger partial charge in [0.05, 0.1) is 22.3 Å². The summed E-state index contributed by atoms with van der Waals surface area (Å²) in [7, 11) is 0. The molecular formula is C21H21ClN4O3S. The number of carbonyl (C=O) groups excluding carboxylic acids is 2. The van der Waals surface area contributed by atoms with Gasteiger partial charge in [0.1, 0.15) is 0 Å². The Balaban J connectivity index is 1.86. The minimum Gasteiger partial charge on any atom is -0.338 e. The van der Waals surface area contributed by atoms with Crippen LogP contribution in [0.3, 0.4) is 0 Å². The van der Waals surface area contributed by atoms with Crippen molar-refractivity contribution in [2.75, 3.05) is 12.3 Å². The van der Waals surface area contributed by atoms with Gasteiger partial charge in [-0.2, -0.15) is 0 Å². The van der Waals surface area contributed by atoms with Gasteiger partial charge in [0.15, 0.2) is 5.16 Å². The van der Waals surface area contributed by atoms with Crippen molar-refractivity contribution in [2.24, 2.45) is 5.92 Å². The second-order valence-electron chi connectivity index (χ2n) is 6.97. The van der Waals surface area contributed by atoms with E-state index in [1.807, 2.05) is 13.8 Å². The highest BCUT2D eigenvalue weighted by atomic mass is 35.5. The van der Waals surface area contributed by atoms with Gasteiger partial charge >= 0.3 is 6.03 Å². The maximum absolute atomic E-state index is 13.1. The Hall–Kier alpha value is -2.84. The van der Waals surface area contributed by atoms with Crippen LogP contribution in [-0.2, 0) is 4.79 Å². The van der Waals surface area contributed by atoms with E-state index in [-0.39, 0.29) is 17.2 Å². The summed E-state index contributed by atoms with van der Waals surface area (Å²) in [6.45, 7) is 4.38. The minimum atomic E-state index is -0.545. The largest absolute Gasteiger partial charge is 0.338 e. The highest BCUT2D eigenvalue weighted by molar-refractivity contribution is 7.99. The third-order valence-corrected chi connectivity index (χ3v) is 5.28. The highest BCUT2D eigenvalue weighted by Crippen LogP contribution is 2.22. The molecule has 3 rings (SSSR count). The van der Waals surface area contributed by atoms with E-state index in [2.05, 4.69) is 15.6 Å². The Bertz CT molecular complexity index is 1130. The quantitative estimate of drug-likeness (QED) is 0.447. The molecule has 0 saturated heterocycles. The fourth-order valence-corrected chi connectivity index (χ4v) is 3.60. The molecule has 3 aromatic rings. The molecule has 2 aromatic carbocycles. The fraction of sp³-hybridized carbons (Fsp3) is 0.238. The number of benzene rings is 2. The van der Waals surface area contributed by atoms with Crippen molar-refractivity contribution in [3.05, 3.63) is 63.9 Å². The zero-order valence-electron chi connectivity index (χ0n) is 16.5. The fourth-order valence-electron chi connectivity index (χ4n) is 2.66. The molecule has 1 aromatic heterocycles. The topological polar surface area (TPSA) is 93.1 Å². The number of nitrogens with one attached hydrogen (secondary N) is 2. The summed E-state index contributed by atoms with van der Waals surface area (Å²) in [6, 6.07) is 13.2. The van der Waals surface area contributed by atoms with Crippen molar-refractivity contribution >= 4 is 46.2 Å². The summed E-state index contributed by atoms with van der Waals surface area (Å²) in [5.41, 5.74) is 0.867. The van der Waals surface area contributed by atoms with Crippen molar-refractivity contribution in [1.82, 2.24) is 20.2 Å². The first-order chi connectivity index (χ1) is 14.3. The number of aromatic nitrogens is 2. The number of hydrogen-bond donors (Lipinski definition) is 2. The molecule has 9 heteroatoms. The van der Waals surface area contributed by atoms with Crippen LogP contribution in [0.2, 0.25) is 5.02 Å². The SMILES string of the molecule is CC(C)CNC(=O)NC(=O)CSc1nc2ccccc2c(=O)n1-c1ccc(Cl)cc1. The van der Waals surface area contributed by atoms with Crippen LogP contribution < -0.4 is 16.2 Å². The number of fused-ring (bicyclic) bond motifs is 1. The van der Waals surface area contributed by atoms with Gasteiger partial charge in [-0.1, -0.05) is 49.3 Å². The molecule has 0 spiro atoms. The van der Waals surface area contributed by atoms with Gasteiger partial charge in [0, 0.05) is 11.6 Å². The average molecular weight is 445 g/mol. The molecule has 0 unspecified atom stereocenters. The van der Waals surface area contributed by atoms with Crippen molar-refractivity contribution in [1.29, 1.82) is 0 Å². The second-order valence-corrected chi connectivity index (χ2v) is 8.35. The van der Waals surface area contributed by atoms with Crippen LogP contribution in [0.1, 0.15) is 13.8 Å². The van der Waals surface area contributed by atoms with Gasteiger partial charge in [-0.15, -0.1) is 0 Å². The molecule has 0 aliphatic rings. The minimum absolute atomic E-state index is 0.0759. The lowest BCUT2D eigenvalue weighted by Crippen LogP contribution is -2.41. The number of halogens is 1. The van der Waals surface area contributed by atoms with E-state index in [0.717, 1.165) is 11.8 Å². The number of amides is 3. The van der Waals surface area contributed by atoms with Crippen LogP contribution in [0.15, 0.2) is 58.5 Å². The number of nitrogens with zero attached hydrogens (tertiary/aromatic N) is 2. The van der Waals surface area contributed by atoms with Gasteiger partial charge in [0.2, 0.25) is 5.91 Å². The normalized spacial score (nSPS) is 10.9. The zero-order valence-corrected chi connectivity index (χ0v) is 18.1. The maximum atomic E-state index is 13.1. The lowest BCUT2D eigenvalue weighted by atomic mass is 10.2. The van der Waals surface area contributed by atoms with Crippen LogP contribution in [0, 0.1) is 5.92 Å². The Labute approximate surface area is 182 Å². The van der Waals surface area contributed by atoms with Crippen LogP contribution in [0.4, 0.5) is 4.79 Å². The molecule has 0 fully saturated rings. The second kappa shape index (κ2) is 9.77. The molecule has 0 bridgehead atoms. The first-order valence-corrected chi connectivity index (χ1v) is 10.7. The molecular weight excluding hydrogens is 424 g/mol. The van der Waals surface area contributed by atoms with E-state index in [9.17, 15) is 14.4 Å². The molecule has 0 atom stereocenters. The van der Waals surface area contributed by atoms with Crippen LogP contribution >= 0.6 is 23.4 Å². The highest BCUT2D eigenvalue weighted by Gasteiger charge is 2.16. The van der Waals surface area contributed by atoms with E-state index in [1.165, 1.54) is 4.57 Å². The number of rotatable bonds is 6. The molecule has 1 heterocycles. The standard InChI is InChI=1S/C21H21ClN4O3S/c1-13(2)11-23-20(29)25-18(27)12-30-21-24-17-6-4-3-5-16(17)19(28)26(21)15-9-7-14(22)8-10-15/h3-10,13H,11-12H2,1-2H3,(H2,23,25,27,29). The smallest absolute Gasteiger partial charge is 0.321 e. The summed E-state index contributed by atoms with van der Waals surface area (Å²) in [5, 5.41) is 6.26. The molecule has 0 aliphatic carbocycles. The Morgan fingerprint density at radius 3 is 2.53 bits per heavy atom. The third kappa shape index (κ3) is 5.40. The molecule has 0 aliphatic heterocycles. The van der Waals surface area contributed by atoms with Gasteiger partial charge in [-0.05, 0) is 42.3 Å². The number of carbonyl (C=O) groups is 2. The average Bonchev–Trinajstić information content (AvgIpc) is 2.72. The van der Waals surface area contributed by atoms with E-state index in [0.29, 0.717) is 33.3 Å². The van der Waals surface area contributed by atoms with Crippen LogP contribution in [0.5, 0.6) is 0 Å². The Morgan fingerprint density at radius 1 is 1.13 bits per heavy atom. The summed E-state index contributed by atoms with van der Waals surface area (Å²) in [6.07, 6.45) is 0. The number of para-hydroxylation sites is 1. The van der Waals surface area contributed by atoms with Crippen LogP contribution in [-0.4, -0.2) is 33.8 Å². The van der Waals surface area contributed by atoms with Crippen molar-refractivity contribution in [2.45, 2.75) is 19.0 Å². The molecule has 7 nitrogen and oxygen atoms in total. The van der Waals surface area contributed by atoms with Gasteiger partial charge in [0.25, 0.3) is 5.56 Å². The van der Waals surface area contributed by atoms with Crippen molar-refractivity contribution < 1.29 is 9.59 Å². The number of hydrogen-bond acceptors (Lipinski definition) is 5. The Morgan fingerprint density at radius 2 is 1.83 bits per heavy atom. The van der Waals surface area contributed by atoms with Gasteiger partial charge < -0.3 is 5.32 Å². The predicted molar refractivity (Wildman–Crippen MR) is 119 cm³/mol. The first kappa shape index (κ1) is 21.9. The molecule has 30 heavy (non-hydrogen) atoms. The zero-order chi connectivity index (χ0) is 21.7. The molecule has 0 saturated carbocycles. The van der Waals surface area contributed by atoms with Crippen molar-refractivity contribution in [3.63, 3.8) is 0 Å². The molecule has 156 valence electrons. The first-order valence-electron chi connectivity index (χ1n) is 9.33. The summed E-state index contributed by atoms with van der Waals surface area (Å²) >= 11 is 7.05. The van der Waals surface area contributed by atoms with Crippen LogP contribution in [0.25, 0.3) is 16.6 Å². The number of urea groups is 1. The van der Waals surface area contributed by atoms with Gasteiger partial charge in [-0.3, -0.25) is 19.5 Å². The molecule has 2 N–H and O–H groups in total. The van der Waals surface area contributed by atoms with Crippen molar-refractivity contribution in [3.8, 4) is 5.69 Å². The number of thioether (sulfide) groups is 1. The number of imide groups is 1. The summed E-state index contributed by atoms with van der Waals surface area (Å²) < 4.78 is 1.44. The van der Waals surface area contributed by atoms with E-state index < -0.39 is 11.9 Å². The summed E-state index contributed by atoms with van der Waals surface area (Å²) in [4.78, 5) is 41.6. The lowest BCUT2D eigenvalue weighted by Gasteiger charge is -2.13. The Kier molecular flexibility index (Phi) is 7.12. The molecule has 3 amide bonds. The van der Waals surface area contributed by atoms with E-state index >= 15 is 0 Å². The predicted octanol–water partition coefficient (Wildman–Crippen LogP) is 3.61. The van der Waals surface area contributed by atoms with Gasteiger partial charge in [-0.25, -0.2) is 9.78 Å². The van der Waals surface area contributed by atoms with E-state index in [1.54, 1.807) is 48.5 Å². The lowest BCUT2D eigenvalue weighted by molar-refractivity contribution is -0.117. The monoisotopic (exact) mass is 444 g/mol. The van der Waals surface area contributed by atoms with E-state index in [4.69, 9.17) is 11.6 Å². The maximum Gasteiger partial charge on any atom is 0.321 e.